The van der Waals surface area contributed by atoms with E-state index < -0.39 is 17.7 Å². The lowest BCUT2D eigenvalue weighted by atomic mass is 9.97. The van der Waals surface area contributed by atoms with Gasteiger partial charge in [0.05, 0.1) is 14.2 Å². The Labute approximate surface area is 194 Å². The molecule has 0 radical (unpaired) electrons. The number of carbonyl (C=O) groups is 2. The molecule has 1 aliphatic heterocycles. The molecule has 0 aromatic heterocycles. The van der Waals surface area contributed by atoms with Crippen molar-refractivity contribution >= 4 is 12.0 Å². The van der Waals surface area contributed by atoms with Gasteiger partial charge in [-0.15, -0.1) is 0 Å². The summed E-state index contributed by atoms with van der Waals surface area (Å²) in [6.07, 6.45) is 0.208. The number of ether oxygens (including phenoxy) is 2. The van der Waals surface area contributed by atoms with E-state index in [2.05, 4.69) is 5.32 Å². The number of carbonyl (C=O) groups excluding carboxylic acids is 2. The highest BCUT2D eigenvalue weighted by Gasteiger charge is 2.30. The predicted octanol–water partition coefficient (Wildman–Crippen LogP) is 3.66. The average Bonchev–Trinajstić information content (AvgIpc) is 2.80. The molecule has 2 aromatic rings. The SMILES string of the molecule is COc1cc2c(cc1OC)CN(C(=O)C(Cc1ccccc1)NC(=O)OOC(C)(C)C)CC2. The van der Waals surface area contributed by atoms with Crippen LogP contribution in [0.5, 0.6) is 11.5 Å². The van der Waals surface area contributed by atoms with Gasteiger partial charge in [-0.1, -0.05) is 30.3 Å². The van der Waals surface area contributed by atoms with Gasteiger partial charge in [-0.3, -0.25) is 9.68 Å². The Kier molecular flexibility index (Phi) is 7.81. The van der Waals surface area contributed by atoms with Crippen LogP contribution in [-0.2, 0) is 34.0 Å². The van der Waals surface area contributed by atoms with Crippen molar-refractivity contribution in [2.24, 2.45) is 0 Å². The van der Waals surface area contributed by atoms with E-state index in [9.17, 15) is 9.59 Å². The van der Waals surface area contributed by atoms with Crippen LogP contribution in [0.3, 0.4) is 0 Å². The van der Waals surface area contributed by atoms with Crippen LogP contribution in [0, 0.1) is 0 Å². The fraction of sp³-hybridized carbons (Fsp3) is 0.440. The van der Waals surface area contributed by atoms with Gasteiger partial charge < -0.3 is 19.7 Å². The van der Waals surface area contributed by atoms with Crippen molar-refractivity contribution in [2.45, 2.75) is 51.8 Å². The van der Waals surface area contributed by atoms with Crippen LogP contribution in [0.1, 0.15) is 37.5 Å². The number of benzene rings is 2. The van der Waals surface area contributed by atoms with Gasteiger partial charge in [0.25, 0.3) is 0 Å². The van der Waals surface area contributed by atoms with Crippen LogP contribution in [0.25, 0.3) is 0 Å². The summed E-state index contributed by atoms with van der Waals surface area (Å²) in [4.78, 5) is 37.6. The van der Waals surface area contributed by atoms with Crippen LogP contribution >= 0.6 is 0 Å². The number of amides is 2. The maximum atomic E-state index is 13.5. The van der Waals surface area contributed by atoms with Crippen molar-refractivity contribution < 1.29 is 28.8 Å². The Hall–Kier alpha value is -3.26. The molecule has 1 heterocycles. The summed E-state index contributed by atoms with van der Waals surface area (Å²) in [5, 5.41) is 2.68. The van der Waals surface area contributed by atoms with Crippen molar-refractivity contribution in [1.29, 1.82) is 0 Å². The summed E-state index contributed by atoms with van der Waals surface area (Å²) in [7, 11) is 3.19. The third kappa shape index (κ3) is 6.61. The first-order chi connectivity index (χ1) is 15.7. The van der Waals surface area contributed by atoms with Crippen molar-refractivity contribution in [2.75, 3.05) is 20.8 Å². The second-order valence-corrected chi connectivity index (χ2v) is 8.94. The van der Waals surface area contributed by atoms with Crippen molar-refractivity contribution in [3.05, 3.63) is 59.2 Å². The Morgan fingerprint density at radius 3 is 2.27 bits per heavy atom. The van der Waals surface area contributed by atoms with Crippen molar-refractivity contribution in [3.8, 4) is 11.5 Å². The van der Waals surface area contributed by atoms with Gasteiger partial charge in [0.1, 0.15) is 11.6 Å². The number of nitrogens with one attached hydrogen (secondary N) is 1. The lowest BCUT2D eigenvalue weighted by molar-refractivity contribution is -0.300. The number of fused-ring (bicyclic) bond motifs is 1. The third-order valence-electron chi connectivity index (χ3n) is 5.27. The van der Waals surface area contributed by atoms with Gasteiger partial charge in [0.2, 0.25) is 5.91 Å². The Morgan fingerprint density at radius 2 is 1.67 bits per heavy atom. The Morgan fingerprint density at radius 1 is 1.03 bits per heavy atom. The first-order valence-electron chi connectivity index (χ1n) is 10.9. The Bertz CT molecular complexity index is 971. The molecule has 1 aliphatic rings. The first kappa shape index (κ1) is 24.4. The van der Waals surface area contributed by atoms with Gasteiger partial charge in [-0.2, -0.15) is 4.89 Å². The summed E-state index contributed by atoms with van der Waals surface area (Å²) in [6.45, 7) is 6.24. The van der Waals surface area contributed by atoms with Gasteiger partial charge in [-0.25, -0.2) is 4.79 Å². The normalized spacial score (nSPS) is 14.2. The molecule has 0 saturated heterocycles. The second kappa shape index (κ2) is 10.6. The predicted molar refractivity (Wildman–Crippen MR) is 123 cm³/mol. The molecule has 1 unspecified atom stereocenters. The molecular weight excluding hydrogens is 424 g/mol. The summed E-state index contributed by atoms with van der Waals surface area (Å²) < 4.78 is 10.8. The van der Waals surface area contributed by atoms with Crippen LogP contribution in [-0.4, -0.2) is 49.3 Å². The third-order valence-corrected chi connectivity index (χ3v) is 5.27. The molecule has 2 aromatic carbocycles. The molecule has 178 valence electrons. The summed E-state index contributed by atoms with van der Waals surface area (Å²) in [5.74, 6) is 1.10. The number of hydrogen-bond acceptors (Lipinski definition) is 6. The van der Waals surface area contributed by atoms with E-state index in [0.29, 0.717) is 37.4 Å². The Balaban J connectivity index is 1.77. The van der Waals surface area contributed by atoms with Gasteiger partial charge in [-0.05, 0) is 56.0 Å². The zero-order valence-electron chi connectivity index (χ0n) is 19.8. The van der Waals surface area contributed by atoms with E-state index in [1.165, 1.54) is 0 Å². The highest BCUT2D eigenvalue weighted by Crippen LogP contribution is 2.33. The molecule has 0 fully saturated rings. The number of nitrogens with zero attached hydrogens (tertiary/aromatic N) is 1. The van der Waals surface area contributed by atoms with E-state index in [-0.39, 0.29) is 5.91 Å². The highest BCUT2D eigenvalue weighted by atomic mass is 17.2. The minimum atomic E-state index is -0.803. The van der Waals surface area contributed by atoms with Crippen LogP contribution in [0.15, 0.2) is 42.5 Å². The molecular formula is C25H32N2O6. The lowest BCUT2D eigenvalue weighted by Crippen LogP contribution is -2.51. The van der Waals surface area contributed by atoms with Crippen LogP contribution in [0.4, 0.5) is 4.79 Å². The molecule has 3 rings (SSSR count). The molecule has 0 saturated carbocycles. The quantitative estimate of drug-likeness (QED) is 0.506. The second-order valence-electron chi connectivity index (χ2n) is 8.94. The standard InChI is InChI=1S/C25H32N2O6/c1-25(2,3)33-32-24(29)26-20(13-17-9-7-6-8-10-17)23(28)27-12-11-18-14-21(30-4)22(31-5)15-19(18)16-27/h6-10,14-15,20H,11-13,16H2,1-5H3,(H,26,29). The fourth-order valence-corrected chi connectivity index (χ4v) is 3.67. The van der Waals surface area contributed by atoms with E-state index in [1.807, 2.05) is 42.5 Å². The molecule has 0 aliphatic carbocycles. The molecule has 0 bridgehead atoms. The van der Waals surface area contributed by atoms with Crippen LogP contribution < -0.4 is 14.8 Å². The maximum absolute atomic E-state index is 13.5. The largest absolute Gasteiger partial charge is 0.493 e. The van der Waals surface area contributed by atoms with E-state index in [1.54, 1.807) is 39.9 Å². The molecule has 2 amide bonds. The van der Waals surface area contributed by atoms with Gasteiger partial charge in [0.15, 0.2) is 11.5 Å². The minimum Gasteiger partial charge on any atom is -0.493 e. The van der Waals surface area contributed by atoms with Gasteiger partial charge in [0, 0.05) is 19.5 Å². The van der Waals surface area contributed by atoms with Gasteiger partial charge >= 0.3 is 6.09 Å². The van der Waals surface area contributed by atoms with Crippen molar-refractivity contribution in [1.82, 2.24) is 10.2 Å². The topological polar surface area (TPSA) is 86.3 Å². The number of rotatable bonds is 7. The molecule has 33 heavy (non-hydrogen) atoms. The smallest absolute Gasteiger partial charge is 0.439 e. The molecule has 8 heteroatoms. The summed E-state index contributed by atoms with van der Waals surface area (Å²) >= 11 is 0. The van der Waals surface area contributed by atoms with E-state index >= 15 is 0 Å². The molecule has 0 spiro atoms. The number of methoxy groups -OCH3 is 2. The summed E-state index contributed by atoms with van der Waals surface area (Å²) in [6, 6.07) is 12.6. The lowest BCUT2D eigenvalue weighted by Gasteiger charge is -2.32. The van der Waals surface area contributed by atoms with E-state index in [0.717, 1.165) is 16.7 Å². The first-order valence-corrected chi connectivity index (χ1v) is 10.9. The molecule has 1 N–H and O–H groups in total. The minimum absolute atomic E-state index is 0.188. The zero-order chi connectivity index (χ0) is 24.0. The zero-order valence-corrected chi connectivity index (χ0v) is 19.8. The fourth-order valence-electron chi connectivity index (χ4n) is 3.67. The maximum Gasteiger partial charge on any atom is 0.439 e. The monoisotopic (exact) mass is 456 g/mol. The number of hydrogen-bond donors (Lipinski definition) is 1. The van der Waals surface area contributed by atoms with Crippen LogP contribution in [0.2, 0.25) is 0 Å². The molecule has 1 atom stereocenters. The van der Waals surface area contributed by atoms with E-state index in [4.69, 9.17) is 19.2 Å². The summed E-state index contributed by atoms with van der Waals surface area (Å²) in [5.41, 5.74) is 2.37. The highest BCUT2D eigenvalue weighted by molar-refractivity contribution is 5.86. The molecule has 8 nitrogen and oxygen atoms in total. The van der Waals surface area contributed by atoms with Crippen molar-refractivity contribution in [3.63, 3.8) is 0 Å². The average molecular weight is 457 g/mol.